The first kappa shape index (κ1) is 18.7. The highest BCUT2D eigenvalue weighted by Crippen LogP contribution is 1.99. The zero-order valence-electron chi connectivity index (χ0n) is 12.2. The van der Waals surface area contributed by atoms with E-state index in [-0.39, 0.29) is 24.0 Å². The number of nitrogens with one attached hydrogen (secondary N) is 2. The van der Waals surface area contributed by atoms with Crippen LogP contribution in [0.2, 0.25) is 0 Å². The van der Waals surface area contributed by atoms with Gasteiger partial charge in [-0.3, -0.25) is 9.89 Å². The molecule has 0 aromatic heterocycles. The number of aliphatic imine (C=N–C) groups is 1. The summed E-state index contributed by atoms with van der Waals surface area (Å²) in [5, 5.41) is 6.48. The van der Waals surface area contributed by atoms with Gasteiger partial charge in [-0.1, -0.05) is 13.0 Å². The standard InChI is InChI=1S/C13H27N5.HI/c1-4-6-15-13(14-3)16-7-8-18-11-9-17(5-2)10-12-18;/h4H,1,5-12H2,2-3H3,(H2,14,15,16);1H. The van der Waals surface area contributed by atoms with Gasteiger partial charge in [-0.15, -0.1) is 30.6 Å². The number of piperazine rings is 1. The van der Waals surface area contributed by atoms with Gasteiger partial charge in [-0.2, -0.15) is 0 Å². The lowest BCUT2D eigenvalue weighted by Crippen LogP contribution is -2.49. The van der Waals surface area contributed by atoms with Crippen molar-refractivity contribution in [3.63, 3.8) is 0 Å². The maximum atomic E-state index is 4.15. The van der Waals surface area contributed by atoms with Crippen LogP contribution in [0, 0.1) is 0 Å². The Kier molecular flexibility index (Phi) is 11.3. The quantitative estimate of drug-likeness (QED) is 0.306. The molecule has 2 N–H and O–H groups in total. The third-order valence-corrected chi connectivity index (χ3v) is 3.27. The maximum Gasteiger partial charge on any atom is 0.191 e. The van der Waals surface area contributed by atoms with Crippen molar-refractivity contribution in [2.24, 2.45) is 4.99 Å². The molecule has 0 spiro atoms. The van der Waals surface area contributed by atoms with E-state index in [0.717, 1.165) is 25.6 Å². The average Bonchev–Trinajstić information content (AvgIpc) is 2.43. The number of guanidine groups is 1. The largest absolute Gasteiger partial charge is 0.355 e. The summed E-state index contributed by atoms with van der Waals surface area (Å²) in [5.74, 6) is 0.849. The number of likely N-dealkylation sites (N-methyl/N-ethyl adjacent to an activating group) is 1. The number of rotatable bonds is 6. The zero-order valence-corrected chi connectivity index (χ0v) is 14.5. The van der Waals surface area contributed by atoms with E-state index in [9.17, 15) is 0 Å². The van der Waals surface area contributed by atoms with Crippen LogP contribution in [-0.2, 0) is 0 Å². The predicted octanol–water partition coefficient (Wildman–Crippen LogP) is 0.593. The fraction of sp³-hybridized carbons (Fsp3) is 0.769. The molecule has 0 aromatic rings. The number of nitrogens with zero attached hydrogens (tertiary/aromatic N) is 3. The van der Waals surface area contributed by atoms with Gasteiger partial charge in [0.25, 0.3) is 0 Å². The van der Waals surface area contributed by atoms with E-state index >= 15 is 0 Å². The summed E-state index contributed by atoms with van der Waals surface area (Å²) in [7, 11) is 1.79. The highest BCUT2D eigenvalue weighted by Gasteiger charge is 2.14. The van der Waals surface area contributed by atoms with Crippen molar-refractivity contribution in [2.45, 2.75) is 6.92 Å². The first-order valence-electron chi connectivity index (χ1n) is 6.80. The van der Waals surface area contributed by atoms with Crippen molar-refractivity contribution >= 4 is 29.9 Å². The monoisotopic (exact) mass is 381 g/mol. The lowest BCUT2D eigenvalue weighted by molar-refractivity contribution is 0.139. The predicted molar refractivity (Wildman–Crippen MR) is 93.5 cm³/mol. The van der Waals surface area contributed by atoms with Crippen LogP contribution in [0.5, 0.6) is 0 Å². The van der Waals surface area contributed by atoms with Gasteiger partial charge in [0.15, 0.2) is 5.96 Å². The molecule has 0 unspecified atom stereocenters. The molecule has 1 saturated heterocycles. The first-order valence-corrected chi connectivity index (χ1v) is 6.80. The van der Waals surface area contributed by atoms with Crippen LogP contribution in [0.25, 0.3) is 0 Å². The Balaban J connectivity index is 0.00000324. The van der Waals surface area contributed by atoms with Crippen molar-refractivity contribution in [3.8, 4) is 0 Å². The SMILES string of the molecule is C=CCNC(=NC)NCCN1CCN(CC)CC1.I. The fourth-order valence-electron chi connectivity index (χ4n) is 2.05. The third kappa shape index (κ3) is 7.74. The summed E-state index contributed by atoms with van der Waals surface area (Å²) >= 11 is 0. The molecular weight excluding hydrogens is 353 g/mol. The van der Waals surface area contributed by atoms with E-state index in [0.29, 0.717) is 0 Å². The second kappa shape index (κ2) is 11.5. The van der Waals surface area contributed by atoms with Gasteiger partial charge in [-0.25, -0.2) is 0 Å². The van der Waals surface area contributed by atoms with E-state index in [1.54, 1.807) is 7.05 Å². The van der Waals surface area contributed by atoms with Gasteiger partial charge in [-0.05, 0) is 6.54 Å². The van der Waals surface area contributed by atoms with Gasteiger partial charge < -0.3 is 15.5 Å². The Morgan fingerprint density at radius 2 is 1.84 bits per heavy atom. The minimum Gasteiger partial charge on any atom is -0.355 e. The summed E-state index contributed by atoms with van der Waals surface area (Å²) in [6.45, 7) is 14.6. The van der Waals surface area contributed by atoms with Crippen LogP contribution >= 0.6 is 24.0 Å². The van der Waals surface area contributed by atoms with Gasteiger partial charge in [0.05, 0.1) is 0 Å². The molecule has 0 saturated carbocycles. The van der Waals surface area contributed by atoms with Crippen LogP contribution < -0.4 is 10.6 Å². The van der Waals surface area contributed by atoms with Gasteiger partial charge in [0.1, 0.15) is 0 Å². The summed E-state index contributed by atoms with van der Waals surface area (Å²) in [5.41, 5.74) is 0. The Bertz CT molecular complexity index is 262. The summed E-state index contributed by atoms with van der Waals surface area (Å²) in [4.78, 5) is 9.15. The van der Waals surface area contributed by atoms with Crippen LogP contribution in [0.3, 0.4) is 0 Å². The Hall–Kier alpha value is -0.340. The number of hydrogen-bond acceptors (Lipinski definition) is 3. The minimum atomic E-state index is 0. The normalized spacial score (nSPS) is 17.7. The van der Waals surface area contributed by atoms with Gasteiger partial charge in [0, 0.05) is 52.9 Å². The van der Waals surface area contributed by atoms with Crippen molar-refractivity contribution in [1.29, 1.82) is 0 Å². The van der Waals surface area contributed by atoms with Crippen LogP contribution in [0.1, 0.15) is 6.92 Å². The first-order chi connectivity index (χ1) is 8.80. The number of halogens is 1. The second-order valence-electron chi connectivity index (χ2n) is 4.44. The van der Waals surface area contributed by atoms with Crippen molar-refractivity contribution in [1.82, 2.24) is 20.4 Å². The Morgan fingerprint density at radius 3 is 2.37 bits per heavy atom. The zero-order chi connectivity index (χ0) is 13.2. The summed E-state index contributed by atoms with van der Waals surface area (Å²) < 4.78 is 0. The molecule has 0 aliphatic carbocycles. The summed E-state index contributed by atoms with van der Waals surface area (Å²) in [6.07, 6.45) is 1.83. The molecule has 1 rings (SSSR count). The van der Waals surface area contributed by atoms with Crippen LogP contribution in [0.15, 0.2) is 17.6 Å². The lowest BCUT2D eigenvalue weighted by Gasteiger charge is -2.34. The summed E-state index contributed by atoms with van der Waals surface area (Å²) in [6, 6.07) is 0. The highest BCUT2D eigenvalue weighted by molar-refractivity contribution is 14.0. The van der Waals surface area contributed by atoms with Gasteiger partial charge >= 0.3 is 0 Å². The van der Waals surface area contributed by atoms with Crippen molar-refractivity contribution < 1.29 is 0 Å². The molecular formula is C13H28IN5. The molecule has 0 atom stereocenters. The fourth-order valence-corrected chi connectivity index (χ4v) is 2.05. The molecule has 112 valence electrons. The van der Waals surface area contributed by atoms with E-state index < -0.39 is 0 Å². The van der Waals surface area contributed by atoms with Crippen molar-refractivity contribution in [3.05, 3.63) is 12.7 Å². The molecule has 0 bridgehead atoms. The van der Waals surface area contributed by atoms with Crippen LogP contribution in [0.4, 0.5) is 0 Å². The molecule has 6 heteroatoms. The third-order valence-electron chi connectivity index (χ3n) is 3.27. The average molecular weight is 381 g/mol. The maximum absolute atomic E-state index is 4.15. The lowest BCUT2D eigenvalue weighted by atomic mass is 10.3. The minimum absolute atomic E-state index is 0. The van der Waals surface area contributed by atoms with E-state index in [2.05, 4.69) is 38.9 Å². The second-order valence-corrected chi connectivity index (χ2v) is 4.44. The van der Waals surface area contributed by atoms with Crippen LogP contribution in [-0.4, -0.2) is 75.2 Å². The Labute approximate surface area is 134 Å². The molecule has 19 heavy (non-hydrogen) atoms. The topological polar surface area (TPSA) is 42.9 Å². The van der Waals surface area contributed by atoms with Gasteiger partial charge in [0.2, 0.25) is 0 Å². The molecule has 1 heterocycles. The van der Waals surface area contributed by atoms with E-state index in [1.807, 2.05) is 6.08 Å². The number of hydrogen-bond donors (Lipinski definition) is 2. The Morgan fingerprint density at radius 1 is 1.21 bits per heavy atom. The molecule has 0 radical (unpaired) electrons. The van der Waals surface area contributed by atoms with E-state index in [1.165, 1.54) is 32.7 Å². The molecule has 0 amide bonds. The highest BCUT2D eigenvalue weighted by atomic mass is 127. The molecule has 1 aliphatic rings. The molecule has 1 fully saturated rings. The molecule has 1 aliphatic heterocycles. The van der Waals surface area contributed by atoms with E-state index in [4.69, 9.17) is 0 Å². The molecule has 0 aromatic carbocycles. The smallest absolute Gasteiger partial charge is 0.191 e. The molecule has 5 nitrogen and oxygen atoms in total. The van der Waals surface area contributed by atoms with Crippen molar-refractivity contribution in [2.75, 3.05) is 59.4 Å².